The van der Waals surface area contributed by atoms with E-state index in [2.05, 4.69) is 20.9 Å². The van der Waals surface area contributed by atoms with E-state index in [9.17, 15) is 14.4 Å². The first kappa shape index (κ1) is 23.4. The molecule has 2 aliphatic carbocycles. The Labute approximate surface area is 215 Å². The third kappa shape index (κ3) is 4.60. The van der Waals surface area contributed by atoms with Crippen molar-refractivity contribution in [1.82, 2.24) is 15.2 Å². The van der Waals surface area contributed by atoms with Crippen LogP contribution in [-0.2, 0) is 27.2 Å². The second-order valence-corrected chi connectivity index (χ2v) is 10.1. The van der Waals surface area contributed by atoms with Crippen LogP contribution in [0.3, 0.4) is 0 Å². The van der Waals surface area contributed by atoms with E-state index in [4.69, 9.17) is 0 Å². The zero-order chi connectivity index (χ0) is 25.4. The van der Waals surface area contributed by atoms with Crippen LogP contribution in [0.15, 0.2) is 72.9 Å². The molecule has 8 heteroatoms. The molecule has 3 amide bonds. The molecule has 2 fully saturated rings. The molecule has 1 aromatic heterocycles. The van der Waals surface area contributed by atoms with Crippen molar-refractivity contribution < 1.29 is 14.4 Å². The van der Waals surface area contributed by atoms with Crippen molar-refractivity contribution in [2.24, 2.45) is 5.92 Å². The summed E-state index contributed by atoms with van der Waals surface area (Å²) in [7, 11) is 0. The molecule has 1 aliphatic heterocycles. The van der Waals surface area contributed by atoms with Crippen LogP contribution in [0.5, 0.6) is 0 Å². The lowest BCUT2D eigenvalue weighted by molar-refractivity contribution is -0.142. The van der Waals surface area contributed by atoms with Gasteiger partial charge in [0.15, 0.2) is 0 Å². The van der Waals surface area contributed by atoms with Gasteiger partial charge in [-0.25, -0.2) is 4.98 Å². The lowest BCUT2D eigenvalue weighted by Gasteiger charge is -2.38. The fourth-order valence-corrected chi connectivity index (χ4v) is 5.51. The number of aromatic nitrogens is 1. The van der Waals surface area contributed by atoms with E-state index in [1.54, 1.807) is 17.2 Å². The van der Waals surface area contributed by atoms with Gasteiger partial charge in [0.25, 0.3) is 0 Å². The molecule has 2 heterocycles. The zero-order valence-electron chi connectivity index (χ0n) is 20.4. The number of piperazine rings is 1. The van der Waals surface area contributed by atoms with Crippen LogP contribution in [-0.4, -0.2) is 46.2 Å². The van der Waals surface area contributed by atoms with E-state index < -0.39 is 5.54 Å². The summed E-state index contributed by atoms with van der Waals surface area (Å²) < 4.78 is 0. The SMILES string of the molecule is O=C(Nc1ccccn1)C1Cc2ccc(NC(=O)C3(N4CC(c5ccccc5)NCC4=O)CC3)cc2C1. The van der Waals surface area contributed by atoms with Crippen LogP contribution in [0, 0.1) is 5.92 Å². The number of amides is 3. The molecule has 3 aliphatic rings. The number of carbonyl (C=O) groups excluding carboxylic acids is 3. The van der Waals surface area contributed by atoms with Crippen LogP contribution in [0.2, 0.25) is 0 Å². The third-order valence-electron chi connectivity index (χ3n) is 7.71. The van der Waals surface area contributed by atoms with Gasteiger partial charge in [0.2, 0.25) is 17.7 Å². The van der Waals surface area contributed by atoms with Gasteiger partial charge in [-0.1, -0.05) is 42.5 Å². The molecule has 8 nitrogen and oxygen atoms in total. The summed E-state index contributed by atoms with van der Waals surface area (Å²) in [6, 6.07) is 21.3. The van der Waals surface area contributed by atoms with Crippen molar-refractivity contribution in [2.45, 2.75) is 37.3 Å². The summed E-state index contributed by atoms with van der Waals surface area (Å²) in [5.74, 6) is 0.129. The number of hydrogen-bond acceptors (Lipinski definition) is 5. The normalized spacial score (nSPS) is 21.7. The van der Waals surface area contributed by atoms with Crippen LogP contribution in [0.1, 0.15) is 35.6 Å². The Morgan fingerprint density at radius 1 is 0.946 bits per heavy atom. The lowest BCUT2D eigenvalue weighted by atomic mass is 10.0. The van der Waals surface area contributed by atoms with Crippen molar-refractivity contribution >= 4 is 29.2 Å². The van der Waals surface area contributed by atoms with Crippen LogP contribution >= 0.6 is 0 Å². The van der Waals surface area contributed by atoms with Crippen molar-refractivity contribution in [3.05, 3.63) is 89.6 Å². The molecule has 2 atom stereocenters. The Bertz CT molecular complexity index is 1340. The quantitative estimate of drug-likeness (QED) is 0.488. The van der Waals surface area contributed by atoms with Gasteiger partial charge in [-0.05, 0) is 66.6 Å². The van der Waals surface area contributed by atoms with Gasteiger partial charge < -0.3 is 15.5 Å². The molecule has 1 saturated carbocycles. The molecule has 2 aromatic carbocycles. The first-order chi connectivity index (χ1) is 18.0. The lowest BCUT2D eigenvalue weighted by Crippen LogP contribution is -2.58. The average molecular weight is 496 g/mol. The van der Waals surface area contributed by atoms with Crippen molar-refractivity contribution in [3.63, 3.8) is 0 Å². The molecular formula is C29H29N5O3. The first-order valence-electron chi connectivity index (χ1n) is 12.8. The maximum absolute atomic E-state index is 13.5. The van der Waals surface area contributed by atoms with E-state index in [0.717, 1.165) is 16.7 Å². The van der Waals surface area contributed by atoms with Crippen LogP contribution < -0.4 is 16.0 Å². The second kappa shape index (κ2) is 9.44. The van der Waals surface area contributed by atoms with Gasteiger partial charge >= 0.3 is 0 Å². The molecule has 3 N–H and O–H groups in total. The van der Waals surface area contributed by atoms with Crippen molar-refractivity contribution in [1.29, 1.82) is 0 Å². The predicted molar refractivity (Wildman–Crippen MR) is 140 cm³/mol. The van der Waals surface area contributed by atoms with Crippen molar-refractivity contribution in [2.75, 3.05) is 23.7 Å². The van der Waals surface area contributed by atoms with Gasteiger partial charge in [-0.2, -0.15) is 0 Å². The average Bonchev–Trinajstić information content (AvgIpc) is 3.62. The van der Waals surface area contributed by atoms with Gasteiger partial charge in [-0.3, -0.25) is 19.7 Å². The predicted octanol–water partition coefficient (Wildman–Crippen LogP) is 3.08. The molecule has 1 saturated heterocycles. The number of nitrogens with one attached hydrogen (secondary N) is 3. The Kier molecular flexibility index (Phi) is 5.96. The molecule has 0 radical (unpaired) electrons. The van der Waals surface area contributed by atoms with E-state index in [0.29, 0.717) is 43.7 Å². The number of pyridine rings is 1. The highest BCUT2D eigenvalue weighted by Gasteiger charge is 2.57. The fraction of sp³-hybridized carbons (Fsp3) is 0.310. The van der Waals surface area contributed by atoms with E-state index in [-0.39, 0.29) is 36.2 Å². The molecule has 6 rings (SSSR count). The van der Waals surface area contributed by atoms with E-state index in [1.165, 1.54) is 0 Å². The second-order valence-electron chi connectivity index (χ2n) is 10.1. The van der Waals surface area contributed by atoms with E-state index in [1.807, 2.05) is 60.7 Å². The summed E-state index contributed by atoms with van der Waals surface area (Å²) >= 11 is 0. The van der Waals surface area contributed by atoms with Crippen molar-refractivity contribution in [3.8, 4) is 0 Å². The Morgan fingerprint density at radius 2 is 1.73 bits per heavy atom. The number of carbonyl (C=O) groups is 3. The molecule has 0 bridgehead atoms. The topological polar surface area (TPSA) is 103 Å². The number of nitrogens with zero attached hydrogens (tertiary/aromatic N) is 2. The highest BCUT2D eigenvalue weighted by molar-refractivity contribution is 6.03. The Morgan fingerprint density at radius 3 is 2.49 bits per heavy atom. The minimum absolute atomic E-state index is 0.00154. The maximum atomic E-state index is 13.5. The summed E-state index contributed by atoms with van der Waals surface area (Å²) in [4.78, 5) is 45.0. The van der Waals surface area contributed by atoms with Gasteiger partial charge in [-0.15, -0.1) is 0 Å². The molecule has 37 heavy (non-hydrogen) atoms. The third-order valence-corrected chi connectivity index (χ3v) is 7.71. The molecule has 2 unspecified atom stereocenters. The smallest absolute Gasteiger partial charge is 0.250 e. The number of rotatable bonds is 6. The minimum atomic E-state index is -0.795. The summed E-state index contributed by atoms with van der Waals surface area (Å²) in [6.45, 7) is 0.683. The van der Waals surface area contributed by atoms with Gasteiger partial charge in [0, 0.05) is 24.3 Å². The maximum Gasteiger partial charge on any atom is 0.250 e. The Balaban J connectivity index is 1.12. The number of fused-ring (bicyclic) bond motifs is 1. The molecule has 0 spiro atoms. The van der Waals surface area contributed by atoms with E-state index >= 15 is 0 Å². The van der Waals surface area contributed by atoms with Crippen LogP contribution in [0.4, 0.5) is 11.5 Å². The highest BCUT2D eigenvalue weighted by atomic mass is 16.2. The molecule has 188 valence electrons. The number of hydrogen-bond donors (Lipinski definition) is 3. The molecule has 3 aromatic rings. The fourth-order valence-electron chi connectivity index (χ4n) is 5.51. The number of benzene rings is 2. The molecular weight excluding hydrogens is 466 g/mol. The standard InChI is InChI=1S/C29H29N5O3/c35-26-17-31-24(19-6-2-1-3-7-19)18-34(26)29(11-12-29)28(37)32-23-10-9-20-14-22(15-21(20)16-23)27(36)33-25-8-4-5-13-30-25/h1-10,13,16,22,24,31H,11-12,14-15,17-18H2,(H,32,37)(H,30,33,36). The van der Waals surface area contributed by atoms with Crippen LogP contribution in [0.25, 0.3) is 0 Å². The monoisotopic (exact) mass is 495 g/mol. The Hall–Kier alpha value is -4.04. The largest absolute Gasteiger partial charge is 0.325 e. The minimum Gasteiger partial charge on any atom is -0.325 e. The first-order valence-corrected chi connectivity index (χ1v) is 12.8. The highest BCUT2D eigenvalue weighted by Crippen LogP contribution is 2.44. The van der Waals surface area contributed by atoms with Gasteiger partial charge in [0.1, 0.15) is 11.4 Å². The van der Waals surface area contributed by atoms with Gasteiger partial charge in [0.05, 0.1) is 12.6 Å². The summed E-state index contributed by atoms with van der Waals surface area (Å²) in [5.41, 5.74) is 3.19. The summed E-state index contributed by atoms with van der Waals surface area (Å²) in [6.07, 6.45) is 4.23. The summed E-state index contributed by atoms with van der Waals surface area (Å²) in [5, 5.41) is 9.25. The zero-order valence-corrected chi connectivity index (χ0v) is 20.4. The number of anilines is 2.